The van der Waals surface area contributed by atoms with Gasteiger partial charge >= 0.3 is 0 Å². The number of carbonyl (C=O) groups excluding carboxylic acids is 1. The predicted molar refractivity (Wildman–Crippen MR) is 91.5 cm³/mol. The standard InChI is InChI=1S/C17H22N2O3S/c1-12-4-6-13(7-5-12)15-18-14(8-23-15)16(22)19(3)9-17(2,10-20)11-21/h4-8,20-21H,9-11H2,1-3H3. The maximum Gasteiger partial charge on any atom is 0.273 e. The molecule has 6 heteroatoms. The molecule has 1 aromatic carbocycles. The number of nitrogens with zero attached hydrogens (tertiary/aromatic N) is 2. The second kappa shape index (κ2) is 7.21. The maximum absolute atomic E-state index is 12.5. The molecule has 0 saturated heterocycles. The highest BCUT2D eigenvalue weighted by atomic mass is 32.1. The predicted octanol–water partition coefficient (Wildman–Crippen LogP) is 2.18. The molecule has 0 fully saturated rings. The minimum absolute atomic E-state index is 0.188. The Hall–Kier alpha value is -1.76. The van der Waals surface area contributed by atoms with Crippen molar-refractivity contribution in [2.75, 3.05) is 26.8 Å². The van der Waals surface area contributed by atoms with Crippen molar-refractivity contribution in [3.8, 4) is 10.6 Å². The summed E-state index contributed by atoms with van der Waals surface area (Å²) in [6, 6.07) is 8.00. The van der Waals surface area contributed by atoms with Crippen molar-refractivity contribution >= 4 is 17.2 Å². The number of amides is 1. The number of aryl methyl sites for hydroxylation is 1. The summed E-state index contributed by atoms with van der Waals surface area (Å²) in [6.45, 7) is 3.64. The van der Waals surface area contributed by atoms with Crippen LogP contribution in [0.2, 0.25) is 0 Å². The molecule has 1 amide bonds. The van der Waals surface area contributed by atoms with E-state index in [0.717, 1.165) is 10.6 Å². The molecular formula is C17H22N2O3S. The largest absolute Gasteiger partial charge is 0.396 e. The van der Waals surface area contributed by atoms with Crippen LogP contribution in [0, 0.1) is 12.3 Å². The lowest BCUT2D eigenvalue weighted by atomic mass is 9.92. The lowest BCUT2D eigenvalue weighted by Crippen LogP contribution is -2.41. The van der Waals surface area contributed by atoms with Crippen LogP contribution in [-0.4, -0.2) is 52.8 Å². The second-order valence-corrected chi connectivity index (χ2v) is 7.05. The zero-order chi connectivity index (χ0) is 17.0. The number of aliphatic hydroxyl groups is 2. The van der Waals surface area contributed by atoms with Crippen LogP contribution in [0.1, 0.15) is 23.0 Å². The van der Waals surface area contributed by atoms with E-state index in [1.54, 1.807) is 19.4 Å². The highest BCUT2D eigenvalue weighted by Gasteiger charge is 2.27. The van der Waals surface area contributed by atoms with E-state index in [9.17, 15) is 15.0 Å². The molecule has 1 heterocycles. The Balaban J connectivity index is 2.13. The molecule has 124 valence electrons. The van der Waals surface area contributed by atoms with Gasteiger partial charge < -0.3 is 15.1 Å². The molecule has 0 spiro atoms. The van der Waals surface area contributed by atoms with Crippen molar-refractivity contribution in [2.24, 2.45) is 5.41 Å². The quantitative estimate of drug-likeness (QED) is 0.849. The first kappa shape index (κ1) is 17.6. The van der Waals surface area contributed by atoms with E-state index in [1.165, 1.54) is 21.8 Å². The van der Waals surface area contributed by atoms with Crippen molar-refractivity contribution < 1.29 is 15.0 Å². The van der Waals surface area contributed by atoms with Gasteiger partial charge in [-0.3, -0.25) is 4.79 Å². The lowest BCUT2D eigenvalue weighted by Gasteiger charge is -2.29. The topological polar surface area (TPSA) is 73.7 Å². The number of benzene rings is 1. The fourth-order valence-corrected chi connectivity index (χ4v) is 2.99. The minimum atomic E-state index is -0.722. The first-order valence-electron chi connectivity index (χ1n) is 7.38. The summed E-state index contributed by atoms with van der Waals surface area (Å²) >= 11 is 1.43. The van der Waals surface area contributed by atoms with Crippen molar-refractivity contribution in [1.29, 1.82) is 0 Å². The number of thiazole rings is 1. The molecule has 0 radical (unpaired) electrons. The smallest absolute Gasteiger partial charge is 0.273 e. The van der Waals surface area contributed by atoms with E-state index >= 15 is 0 Å². The zero-order valence-electron chi connectivity index (χ0n) is 13.6. The first-order valence-corrected chi connectivity index (χ1v) is 8.26. The molecule has 0 aliphatic rings. The molecule has 2 rings (SSSR count). The molecule has 0 unspecified atom stereocenters. The van der Waals surface area contributed by atoms with Gasteiger partial charge in [-0.25, -0.2) is 4.98 Å². The third-order valence-corrected chi connectivity index (χ3v) is 4.64. The van der Waals surface area contributed by atoms with Crippen molar-refractivity contribution in [3.63, 3.8) is 0 Å². The van der Waals surface area contributed by atoms with Gasteiger partial charge in [-0.05, 0) is 6.92 Å². The van der Waals surface area contributed by atoms with Crippen LogP contribution in [0.4, 0.5) is 0 Å². The van der Waals surface area contributed by atoms with Gasteiger partial charge in [0.2, 0.25) is 0 Å². The molecule has 5 nitrogen and oxygen atoms in total. The van der Waals surface area contributed by atoms with E-state index in [-0.39, 0.29) is 25.7 Å². The van der Waals surface area contributed by atoms with E-state index in [4.69, 9.17) is 0 Å². The fraction of sp³-hybridized carbons (Fsp3) is 0.412. The van der Waals surface area contributed by atoms with E-state index in [2.05, 4.69) is 4.98 Å². The molecule has 0 atom stereocenters. The average Bonchev–Trinajstić information content (AvgIpc) is 3.04. The van der Waals surface area contributed by atoms with E-state index in [0.29, 0.717) is 5.69 Å². The van der Waals surface area contributed by atoms with E-state index in [1.807, 2.05) is 31.2 Å². The minimum Gasteiger partial charge on any atom is -0.396 e. The van der Waals surface area contributed by atoms with Gasteiger partial charge in [0.15, 0.2) is 0 Å². The molecule has 1 aromatic heterocycles. The highest BCUT2D eigenvalue weighted by Crippen LogP contribution is 2.25. The third-order valence-electron chi connectivity index (χ3n) is 3.75. The van der Waals surface area contributed by atoms with Crippen LogP contribution in [0.5, 0.6) is 0 Å². The first-order chi connectivity index (χ1) is 10.9. The van der Waals surface area contributed by atoms with Crippen LogP contribution in [0.15, 0.2) is 29.6 Å². The summed E-state index contributed by atoms with van der Waals surface area (Å²) in [5, 5.41) is 21.2. The Morgan fingerprint density at radius 2 is 1.87 bits per heavy atom. The SMILES string of the molecule is Cc1ccc(-c2nc(C(=O)N(C)CC(C)(CO)CO)cs2)cc1. The van der Waals surface area contributed by atoms with Gasteiger partial charge in [-0.2, -0.15) is 0 Å². The summed E-state index contributed by atoms with van der Waals surface area (Å²) in [5.41, 5.74) is 1.82. The number of aliphatic hydroxyl groups excluding tert-OH is 2. The number of hydrogen-bond donors (Lipinski definition) is 2. The second-order valence-electron chi connectivity index (χ2n) is 6.19. The van der Waals surface area contributed by atoms with E-state index < -0.39 is 5.41 Å². The lowest BCUT2D eigenvalue weighted by molar-refractivity contribution is 0.0364. The summed E-state index contributed by atoms with van der Waals surface area (Å²) in [4.78, 5) is 18.4. The highest BCUT2D eigenvalue weighted by molar-refractivity contribution is 7.13. The van der Waals surface area contributed by atoms with Gasteiger partial charge in [0.1, 0.15) is 10.7 Å². The Morgan fingerprint density at radius 3 is 2.43 bits per heavy atom. The molecule has 0 aliphatic carbocycles. The Kier molecular flexibility index (Phi) is 5.51. The number of aromatic nitrogens is 1. The van der Waals surface area contributed by atoms with Crippen molar-refractivity contribution in [3.05, 3.63) is 40.9 Å². The number of hydrogen-bond acceptors (Lipinski definition) is 5. The molecule has 0 saturated carbocycles. The molecule has 23 heavy (non-hydrogen) atoms. The van der Waals surface area contributed by atoms with Crippen molar-refractivity contribution in [1.82, 2.24) is 9.88 Å². The Labute approximate surface area is 140 Å². The van der Waals surface area contributed by atoms with Crippen LogP contribution in [0.25, 0.3) is 10.6 Å². The molecule has 0 bridgehead atoms. The van der Waals surface area contributed by atoms with Gasteiger partial charge in [-0.15, -0.1) is 11.3 Å². The monoisotopic (exact) mass is 334 g/mol. The van der Waals surface area contributed by atoms with Gasteiger partial charge in [0, 0.05) is 30.0 Å². The molecule has 0 aliphatic heterocycles. The van der Waals surface area contributed by atoms with Gasteiger partial charge in [0.25, 0.3) is 5.91 Å². The molecule has 2 N–H and O–H groups in total. The maximum atomic E-state index is 12.5. The summed E-state index contributed by atoms with van der Waals surface area (Å²) in [7, 11) is 1.65. The third kappa shape index (κ3) is 4.16. The van der Waals surface area contributed by atoms with Crippen LogP contribution >= 0.6 is 11.3 Å². The Morgan fingerprint density at radius 1 is 1.26 bits per heavy atom. The summed E-state index contributed by atoms with van der Waals surface area (Å²) < 4.78 is 0. The van der Waals surface area contributed by atoms with Crippen LogP contribution in [-0.2, 0) is 0 Å². The van der Waals surface area contributed by atoms with Gasteiger partial charge in [0.05, 0.1) is 13.2 Å². The van der Waals surface area contributed by atoms with Crippen LogP contribution < -0.4 is 0 Å². The summed E-state index contributed by atoms with van der Waals surface area (Å²) in [6.07, 6.45) is 0. The normalized spacial score (nSPS) is 11.5. The molecular weight excluding hydrogens is 312 g/mol. The van der Waals surface area contributed by atoms with Crippen LogP contribution in [0.3, 0.4) is 0 Å². The number of rotatable bonds is 6. The molecule has 2 aromatic rings. The van der Waals surface area contributed by atoms with Gasteiger partial charge in [-0.1, -0.05) is 36.8 Å². The zero-order valence-corrected chi connectivity index (χ0v) is 14.4. The Bertz CT molecular complexity index is 663. The average molecular weight is 334 g/mol. The van der Waals surface area contributed by atoms with Crippen molar-refractivity contribution in [2.45, 2.75) is 13.8 Å². The summed E-state index contributed by atoms with van der Waals surface area (Å²) in [5.74, 6) is -0.215. The fourth-order valence-electron chi connectivity index (χ4n) is 2.19. The number of carbonyl (C=O) groups is 1.